The lowest BCUT2D eigenvalue weighted by atomic mass is 10.0. The van der Waals surface area contributed by atoms with Crippen molar-refractivity contribution in [1.29, 1.82) is 0 Å². The lowest BCUT2D eigenvalue weighted by Gasteiger charge is -2.21. The molecule has 5 atom stereocenters. The third-order valence-electron chi connectivity index (χ3n) is 17.1. The number of hydrogen-bond acceptors (Lipinski definition) is 15. The van der Waals surface area contributed by atoms with E-state index < -0.39 is 97.5 Å². The summed E-state index contributed by atoms with van der Waals surface area (Å²) in [6, 6.07) is 0. The maximum atomic E-state index is 13.1. The van der Waals surface area contributed by atoms with Crippen LogP contribution in [0.2, 0.25) is 0 Å². The molecule has 0 amide bonds. The summed E-state index contributed by atoms with van der Waals surface area (Å²) in [6.07, 6.45) is 50.0. The van der Waals surface area contributed by atoms with Crippen LogP contribution in [0.5, 0.6) is 0 Å². The monoisotopic (exact) mass is 1370 g/mol. The van der Waals surface area contributed by atoms with Gasteiger partial charge in [-0.1, -0.05) is 325 Å². The number of rotatable bonds is 72. The third kappa shape index (κ3) is 68.4. The second kappa shape index (κ2) is 64.7. The number of aliphatic hydroxyl groups is 1. The van der Waals surface area contributed by atoms with Gasteiger partial charge in [0.15, 0.2) is 12.2 Å². The highest BCUT2D eigenvalue weighted by molar-refractivity contribution is 7.47. The molecule has 0 bridgehead atoms. The lowest BCUT2D eigenvalue weighted by Crippen LogP contribution is -2.30. The minimum atomic E-state index is -4.96. The maximum Gasteiger partial charge on any atom is 0.472 e. The van der Waals surface area contributed by atoms with Crippen LogP contribution in [0.3, 0.4) is 0 Å². The molecule has 0 heterocycles. The Morgan fingerprint density at radius 2 is 0.495 bits per heavy atom. The smallest absolute Gasteiger partial charge is 0.462 e. The summed E-state index contributed by atoms with van der Waals surface area (Å²) in [5.74, 6) is 0.153. The molecule has 0 aliphatic heterocycles. The topological polar surface area (TPSA) is 237 Å². The second-order valence-electron chi connectivity index (χ2n) is 28.1. The third-order valence-corrected chi connectivity index (χ3v) is 19.0. The largest absolute Gasteiger partial charge is 0.472 e. The molecule has 0 aromatic carbocycles. The predicted molar refractivity (Wildman–Crippen MR) is 377 cm³/mol. The quantitative estimate of drug-likeness (QED) is 0.0222. The Hall–Kier alpha value is -1.94. The van der Waals surface area contributed by atoms with Gasteiger partial charge in [-0.3, -0.25) is 37.3 Å². The van der Waals surface area contributed by atoms with Crippen molar-refractivity contribution in [2.45, 2.75) is 394 Å². The van der Waals surface area contributed by atoms with Crippen LogP contribution in [0.4, 0.5) is 0 Å². The van der Waals surface area contributed by atoms with Crippen LogP contribution in [0, 0.1) is 17.8 Å². The molecule has 3 N–H and O–H groups in total. The van der Waals surface area contributed by atoms with E-state index in [-0.39, 0.29) is 25.7 Å². The van der Waals surface area contributed by atoms with Gasteiger partial charge in [0.25, 0.3) is 0 Å². The minimum Gasteiger partial charge on any atom is -0.462 e. The summed E-state index contributed by atoms with van der Waals surface area (Å²) in [5.41, 5.74) is 0. The van der Waals surface area contributed by atoms with Gasteiger partial charge in [-0.25, -0.2) is 9.13 Å². The molecule has 93 heavy (non-hydrogen) atoms. The van der Waals surface area contributed by atoms with Crippen LogP contribution in [-0.4, -0.2) is 96.7 Å². The van der Waals surface area contributed by atoms with Crippen LogP contribution in [0.1, 0.15) is 376 Å². The van der Waals surface area contributed by atoms with Crippen molar-refractivity contribution >= 4 is 39.5 Å². The van der Waals surface area contributed by atoms with Crippen molar-refractivity contribution in [2.75, 3.05) is 39.6 Å². The first-order valence-corrected chi connectivity index (χ1v) is 41.3. The number of carbonyl (C=O) groups excluding carboxylic acids is 4. The maximum absolute atomic E-state index is 13.1. The molecule has 0 aromatic heterocycles. The Kier molecular flexibility index (Phi) is 63.4. The Morgan fingerprint density at radius 1 is 0.290 bits per heavy atom. The van der Waals surface area contributed by atoms with Crippen LogP contribution in [0.15, 0.2) is 0 Å². The van der Waals surface area contributed by atoms with E-state index in [1.807, 2.05) is 0 Å². The van der Waals surface area contributed by atoms with Gasteiger partial charge in [0, 0.05) is 25.7 Å². The molecule has 0 aliphatic rings. The van der Waals surface area contributed by atoms with Crippen LogP contribution >= 0.6 is 15.6 Å². The number of ether oxygens (including phenoxy) is 4. The van der Waals surface area contributed by atoms with E-state index in [1.165, 1.54) is 186 Å². The molecule has 0 aromatic rings. The molecular weight excluding hydrogens is 1220 g/mol. The van der Waals surface area contributed by atoms with Crippen molar-refractivity contribution < 1.29 is 80.2 Å². The number of esters is 4. The molecule has 19 heteroatoms. The molecular formula is C74H144O17P2. The molecule has 2 unspecified atom stereocenters. The van der Waals surface area contributed by atoms with Crippen molar-refractivity contribution in [2.24, 2.45) is 17.8 Å². The van der Waals surface area contributed by atoms with Gasteiger partial charge in [-0.05, 0) is 43.4 Å². The standard InChI is InChI=1S/C74H144O17P2/c1-8-9-10-11-12-13-27-34-41-48-55-71(76)84-62-70(91-74(79)58-51-44-37-30-33-40-47-54-67(6)7)64-89-93(82,83)87-60-68(75)59-86-92(80,81)88-63-69(61-85-72(77)56-49-42-35-28-24-20-22-26-32-39-46-53-66(4)5)90-73(78)57-50-43-36-29-23-19-17-15-14-16-18-21-25-31-38-45-52-65(2)3/h65-70,75H,8-64H2,1-7H3,(H,80,81)(H,82,83)/t68-,69-,70-/m1/s1. The van der Waals surface area contributed by atoms with Gasteiger partial charge >= 0.3 is 39.5 Å². The van der Waals surface area contributed by atoms with Crippen molar-refractivity contribution in [3.8, 4) is 0 Å². The van der Waals surface area contributed by atoms with E-state index in [1.54, 1.807) is 0 Å². The summed E-state index contributed by atoms with van der Waals surface area (Å²) >= 11 is 0. The van der Waals surface area contributed by atoms with E-state index in [2.05, 4.69) is 48.5 Å². The fraction of sp³-hybridized carbons (Fsp3) is 0.946. The summed E-state index contributed by atoms with van der Waals surface area (Å²) in [7, 11) is -9.91. The Morgan fingerprint density at radius 3 is 0.731 bits per heavy atom. The van der Waals surface area contributed by atoms with Crippen molar-refractivity contribution in [3.05, 3.63) is 0 Å². The Labute approximate surface area is 568 Å². The molecule has 0 saturated heterocycles. The number of carbonyl (C=O) groups is 4. The zero-order valence-electron chi connectivity index (χ0n) is 60.7. The number of hydrogen-bond donors (Lipinski definition) is 3. The normalized spacial score (nSPS) is 14.1. The highest BCUT2D eigenvalue weighted by Gasteiger charge is 2.30. The summed E-state index contributed by atoms with van der Waals surface area (Å²) in [6.45, 7) is 11.8. The van der Waals surface area contributed by atoms with Crippen molar-refractivity contribution in [3.63, 3.8) is 0 Å². The molecule has 17 nitrogen and oxygen atoms in total. The first kappa shape index (κ1) is 91.1. The van der Waals surface area contributed by atoms with Gasteiger partial charge in [0.1, 0.15) is 19.3 Å². The summed E-state index contributed by atoms with van der Waals surface area (Å²) < 4.78 is 68.4. The molecule has 0 spiro atoms. The zero-order chi connectivity index (χ0) is 68.7. The van der Waals surface area contributed by atoms with Gasteiger partial charge < -0.3 is 33.8 Å². The average Bonchev–Trinajstić information content (AvgIpc) is 2.48. The highest BCUT2D eigenvalue weighted by atomic mass is 31.2. The molecule has 0 fully saturated rings. The summed E-state index contributed by atoms with van der Waals surface area (Å²) in [5, 5.41) is 10.6. The summed E-state index contributed by atoms with van der Waals surface area (Å²) in [4.78, 5) is 72.7. The number of phosphoric ester groups is 2. The van der Waals surface area contributed by atoms with Crippen molar-refractivity contribution in [1.82, 2.24) is 0 Å². The second-order valence-corrected chi connectivity index (χ2v) is 31.0. The first-order chi connectivity index (χ1) is 44.7. The first-order valence-electron chi connectivity index (χ1n) is 38.3. The number of unbranched alkanes of at least 4 members (excludes halogenated alkanes) is 40. The molecule has 0 rings (SSSR count). The lowest BCUT2D eigenvalue weighted by molar-refractivity contribution is -0.161. The Bertz CT molecular complexity index is 1820. The van der Waals surface area contributed by atoms with Gasteiger partial charge in [0.2, 0.25) is 0 Å². The highest BCUT2D eigenvalue weighted by Crippen LogP contribution is 2.45. The molecule has 0 radical (unpaired) electrons. The van der Waals surface area contributed by atoms with Crippen LogP contribution < -0.4 is 0 Å². The molecule has 0 aliphatic carbocycles. The molecule has 0 saturated carbocycles. The van der Waals surface area contributed by atoms with E-state index in [0.717, 1.165) is 102 Å². The molecule has 552 valence electrons. The van der Waals surface area contributed by atoms with Crippen LogP contribution in [-0.2, 0) is 65.4 Å². The zero-order valence-corrected chi connectivity index (χ0v) is 62.5. The predicted octanol–water partition coefficient (Wildman–Crippen LogP) is 21.4. The minimum absolute atomic E-state index is 0.103. The Balaban J connectivity index is 5.22. The van der Waals surface area contributed by atoms with E-state index in [4.69, 9.17) is 37.0 Å². The number of aliphatic hydroxyl groups excluding tert-OH is 1. The fourth-order valence-corrected chi connectivity index (χ4v) is 12.8. The van der Waals surface area contributed by atoms with Gasteiger partial charge in [-0.2, -0.15) is 0 Å². The van der Waals surface area contributed by atoms with E-state index in [0.29, 0.717) is 31.6 Å². The fourth-order valence-electron chi connectivity index (χ4n) is 11.2. The van der Waals surface area contributed by atoms with Crippen LogP contribution in [0.25, 0.3) is 0 Å². The van der Waals surface area contributed by atoms with E-state index in [9.17, 15) is 43.2 Å². The van der Waals surface area contributed by atoms with Gasteiger partial charge in [0.05, 0.1) is 26.4 Å². The average molecular weight is 1370 g/mol. The van der Waals surface area contributed by atoms with Gasteiger partial charge in [-0.15, -0.1) is 0 Å². The van der Waals surface area contributed by atoms with E-state index >= 15 is 0 Å². The SMILES string of the molecule is CCCCCCCCCCCCC(=O)OC[C@H](COP(=O)(O)OC[C@H](O)COP(=O)(O)OC[C@@H](COC(=O)CCCCCCCCCCCCCC(C)C)OC(=O)CCCCCCCCCCCCCCCCCCC(C)C)OC(=O)CCCCCCCCCC(C)C. The number of phosphoric acid groups is 2.